The van der Waals surface area contributed by atoms with Crippen LogP contribution in [0.2, 0.25) is 0 Å². The molecule has 112 valence electrons. The van der Waals surface area contributed by atoms with Gasteiger partial charge in [0.25, 0.3) is 5.91 Å². The first-order chi connectivity index (χ1) is 10.2. The van der Waals surface area contributed by atoms with Crippen molar-refractivity contribution in [1.29, 1.82) is 0 Å². The van der Waals surface area contributed by atoms with Crippen LogP contribution in [-0.2, 0) is 4.74 Å². The molecule has 0 aliphatic carbocycles. The zero-order chi connectivity index (χ0) is 15.1. The molecule has 1 N–H and O–H groups in total. The van der Waals surface area contributed by atoms with Crippen LogP contribution >= 0.6 is 27.3 Å². The average Bonchev–Trinajstić information content (AvgIpc) is 2.97. The third kappa shape index (κ3) is 4.95. The maximum Gasteiger partial charge on any atom is 0.261 e. The Labute approximate surface area is 137 Å². The number of rotatable bonds is 7. The lowest BCUT2D eigenvalue weighted by atomic mass is 10.2. The summed E-state index contributed by atoms with van der Waals surface area (Å²) in [6.07, 6.45) is 0.838. The number of halogens is 1. The van der Waals surface area contributed by atoms with Crippen molar-refractivity contribution < 1.29 is 9.53 Å². The van der Waals surface area contributed by atoms with Gasteiger partial charge in [0.05, 0.1) is 4.88 Å². The highest BCUT2D eigenvalue weighted by Crippen LogP contribution is 2.29. The summed E-state index contributed by atoms with van der Waals surface area (Å²) >= 11 is 4.93. The summed E-state index contributed by atoms with van der Waals surface area (Å²) < 4.78 is 6.29. The van der Waals surface area contributed by atoms with Gasteiger partial charge in [-0.3, -0.25) is 4.79 Å². The zero-order valence-electron chi connectivity index (χ0n) is 11.9. The maximum atomic E-state index is 12.0. The van der Waals surface area contributed by atoms with Gasteiger partial charge in [0.2, 0.25) is 0 Å². The van der Waals surface area contributed by atoms with Crippen LogP contribution in [-0.4, -0.2) is 25.7 Å². The summed E-state index contributed by atoms with van der Waals surface area (Å²) in [5.41, 5.74) is 1.12. The minimum Gasteiger partial charge on any atom is -0.382 e. The molecule has 0 aliphatic rings. The molecule has 2 aromatic rings. The smallest absolute Gasteiger partial charge is 0.261 e. The van der Waals surface area contributed by atoms with Gasteiger partial charge in [-0.05, 0) is 43.2 Å². The van der Waals surface area contributed by atoms with Crippen molar-refractivity contribution in [1.82, 2.24) is 5.32 Å². The minimum absolute atomic E-state index is 0.0140. The first kappa shape index (κ1) is 16.2. The topological polar surface area (TPSA) is 38.3 Å². The summed E-state index contributed by atoms with van der Waals surface area (Å²) in [5.74, 6) is -0.0140. The quantitative estimate of drug-likeness (QED) is 0.739. The number of thiophene rings is 1. The number of benzene rings is 1. The highest BCUT2D eigenvalue weighted by Gasteiger charge is 2.09. The Bertz CT molecular complexity index is 580. The monoisotopic (exact) mass is 367 g/mol. The van der Waals surface area contributed by atoms with Crippen molar-refractivity contribution in [3.8, 4) is 10.4 Å². The number of hydrogen-bond donors (Lipinski definition) is 1. The van der Waals surface area contributed by atoms with E-state index in [1.54, 1.807) is 0 Å². The Morgan fingerprint density at radius 3 is 2.71 bits per heavy atom. The molecule has 0 unspecified atom stereocenters. The van der Waals surface area contributed by atoms with Gasteiger partial charge < -0.3 is 10.1 Å². The molecule has 5 heteroatoms. The lowest BCUT2D eigenvalue weighted by molar-refractivity contribution is 0.0948. The molecule has 1 amide bonds. The lowest BCUT2D eigenvalue weighted by Gasteiger charge is -2.03. The first-order valence-corrected chi connectivity index (χ1v) is 8.53. The summed E-state index contributed by atoms with van der Waals surface area (Å²) in [4.78, 5) is 13.9. The van der Waals surface area contributed by atoms with E-state index < -0.39 is 0 Å². The molecule has 1 aromatic heterocycles. The van der Waals surface area contributed by atoms with Crippen LogP contribution in [0.25, 0.3) is 10.4 Å². The number of carbonyl (C=O) groups excluding carboxylic acids is 1. The van der Waals surface area contributed by atoms with Crippen molar-refractivity contribution in [2.45, 2.75) is 13.3 Å². The Kier molecular flexibility index (Phi) is 6.42. The molecule has 0 radical (unpaired) electrons. The molecule has 2 rings (SSSR count). The molecule has 0 aliphatic heterocycles. The molecule has 0 fully saturated rings. The summed E-state index contributed by atoms with van der Waals surface area (Å²) in [7, 11) is 0. The number of ether oxygens (including phenoxy) is 1. The first-order valence-electron chi connectivity index (χ1n) is 6.92. The Balaban J connectivity index is 1.90. The van der Waals surface area contributed by atoms with Crippen molar-refractivity contribution in [3.05, 3.63) is 45.7 Å². The molecule has 3 nitrogen and oxygen atoms in total. The van der Waals surface area contributed by atoms with Crippen LogP contribution in [0.3, 0.4) is 0 Å². The van der Waals surface area contributed by atoms with Gasteiger partial charge in [-0.2, -0.15) is 0 Å². The SMILES string of the molecule is CCOCCCNC(=O)c1ccc(-c2ccc(Br)cc2)s1. The molecule has 1 heterocycles. The number of carbonyl (C=O) groups is 1. The van der Waals surface area contributed by atoms with E-state index >= 15 is 0 Å². The second-order valence-electron chi connectivity index (χ2n) is 4.48. The van der Waals surface area contributed by atoms with Crippen LogP contribution in [0.1, 0.15) is 23.0 Å². The van der Waals surface area contributed by atoms with Gasteiger partial charge in [-0.1, -0.05) is 28.1 Å². The van der Waals surface area contributed by atoms with E-state index in [1.165, 1.54) is 11.3 Å². The largest absolute Gasteiger partial charge is 0.382 e. The van der Waals surface area contributed by atoms with Crippen LogP contribution in [0.5, 0.6) is 0 Å². The molecule has 0 saturated heterocycles. The zero-order valence-corrected chi connectivity index (χ0v) is 14.3. The number of hydrogen-bond acceptors (Lipinski definition) is 3. The molecular weight excluding hydrogens is 350 g/mol. The molecule has 0 bridgehead atoms. The summed E-state index contributed by atoms with van der Waals surface area (Å²) in [5, 5.41) is 2.92. The second kappa shape index (κ2) is 8.32. The molecule has 21 heavy (non-hydrogen) atoms. The summed E-state index contributed by atoms with van der Waals surface area (Å²) in [6, 6.07) is 12.0. The Morgan fingerprint density at radius 2 is 2.00 bits per heavy atom. The maximum absolute atomic E-state index is 12.0. The molecule has 1 aromatic carbocycles. The van der Waals surface area contributed by atoms with E-state index in [4.69, 9.17) is 4.74 Å². The van der Waals surface area contributed by atoms with Gasteiger partial charge in [0, 0.05) is 29.1 Å². The van der Waals surface area contributed by atoms with Crippen molar-refractivity contribution >= 4 is 33.2 Å². The fraction of sp³-hybridized carbons (Fsp3) is 0.312. The van der Waals surface area contributed by atoms with Gasteiger partial charge in [0.15, 0.2) is 0 Å². The van der Waals surface area contributed by atoms with E-state index in [1.807, 2.05) is 43.3 Å². The van der Waals surface area contributed by atoms with Crippen molar-refractivity contribution in [3.63, 3.8) is 0 Å². The van der Waals surface area contributed by atoms with Crippen LogP contribution in [0.15, 0.2) is 40.9 Å². The number of amides is 1. The Morgan fingerprint density at radius 1 is 1.24 bits per heavy atom. The van der Waals surface area contributed by atoms with E-state index in [-0.39, 0.29) is 5.91 Å². The van der Waals surface area contributed by atoms with Gasteiger partial charge in [-0.25, -0.2) is 0 Å². The predicted molar refractivity (Wildman–Crippen MR) is 90.9 cm³/mol. The van der Waals surface area contributed by atoms with E-state index in [9.17, 15) is 4.79 Å². The number of nitrogens with one attached hydrogen (secondary N) is 1. The molecular formula is C16H18BrNO2S. The predicted octanol–water partition coefficient (Wildman–Crippen LogP) is 4.33. The standard InChI is InChI=1S/C16H18BrNO2S/c1-2-20-11-3-10-18-16(19)15-9-8-14(21-15)12-4-6-13(17)7-5-12/h4-9H,2-3,10-11H2,1H3,(H,18,19). The fourth-order valence-electron chi connectivity index (χ4n) is 1.84. The minimum atomic E-state index is -0.0140. The highest BCUT2D eigenvalue weighted by atomic mass is 79.9. The van der Waals surface area contributed by atoms with E-state index in [2.05, 4.69) is 21.2 Å². The second-order valence-corrected chi connectivity index (χ2v) is 6.48. The molecule has 0 saturated carbocycles. The third-order valence-electron chi connectivity index (χ3n) is 2.91. The Hall–Kier alpha value is -1.17. The van der Waals surface area contributed by atoms with Gasteiger partial charge >= 0.3 is 0 Å². The van der Waals surface area contributed by atoms with E-state index in [0.29, 0.717) is 13.2 Å². The fourth-order valence-corrected chi connectivity index (χ4v) is 3.03. The average molecular weight is 368 g/mol. The van der Waals surface area contributed by atoms with Crippen LogP contribution in [0.4, 0.5) is 0 Å². The van der Waals surface area contributed by atoms with Crippen molar-refractivity contribution in [2.24, 2.45) is 0 Å². The summed E-state index contributed by atoms with van der Waals surface area (Å²) in [6.45, 7) is 4.01. The third-order valence-corrected chi connectivity index (χ3v) is 4.58. The van der Waals surface area contributed by atoms with Crippen molar-refractivity contribution in [2.75, 3.05) is 19.8 Å². The highest BCUT2D eigenvalue weighted by molar-refractivity contribution is 9.10. The molecule has 0 spiro atoms. The van der Waals surface area contributed by atoms with Crippen LogP contribution in [0, 0.1) is 0 Å². The van der Waals surface area contributed by atoms with Gasteiger partial charge in [-0.15, -0.1) is 11.3 Å². The lowest BCUT2D eigenvalue weighted by Crippen LogP contribution is -2.24. The normalized spacial score (nSPS) is 10.6. The van der Waals surface area contributed by atoms with Gasteiger partial charge in [0.1, 0.15) is 0 Å². The van der Waals surface area contributed by atoms with Crippen LogP contribution < -0.4 is 5.32 Å². The molecule has 0 atom stereocenters. The van der Waals surface area contributed by atoms with E-state index in [0.717, 1.165) is 32.8 Å².